The van der Waals surface area contributed by atoms with E-state index in [9.17, 15) is 14.7 Å². The smallest absolute Gasteiger partial charge is 0.224 e. The highest BCUT2D eigenvalue weighted by atomic mass is 16.5. The third-order valence-corrected chi connectivity index (χ3v) is 5.38. The van der Waals surface area contributed by atoms with E-state index < -0.39 is 0 Å². The Labute approximate surface area is 157 Å². The van der Waals surface area contributed by atoms with Crippen LogP contribution in [0, 0.1) is 0 Å². The van der Waals surface area contributed by atoms with E-state index in [1.807, 2.05) is 6.07 Å². The molecule has 2 aromatic rings. The molecule has 0 unspecified atom stereocenters. The van der Waals surface area contributed by atoms with Crippen LogP contribution in [0.25, 0.3) is 11.3 Å². The van der Waals surface area contributed by atoms with Gasteiger partial charge < -0.3 is 14.9 Å². The van der Waals surface area contributed by atoms with Gasteiger partial charge in [-0.2, -0.15) is 0 Å². The van der Waals surface area contributed by atoms with Gasteiger partial charge in [0, 0.05) is 35.2 Å². The highest BCUT2D eigenvalue weighted by molar-refractivity contribution is 5.82. The summed E-state index contributed by atoms with van der Waals surface area (Å²) in [5, 5.41) is 16.7. The SMILES string of the molecule is O=CC1=C(NC(=O)CCc2noc3c2CCc2cc(O)ccc2-3)CCCC1. The molecule has 27 heavy (non-hydrogen) atoms. The molecule has 1 aromatic carbocycles. The Morgan fingerprint density at radius 1 is 1.22 bits per heavy atom. The molecule has 0 bridgehead atoms. The number of phenolic OH excluding ortho intramolecular Hbond substituents is 1. The van der Waals surface area contributed by atoms with Crippen LogP contribution in [-0.4, -0.2) is 22.5 Å². The van der Waals surface area contributed by atoms with Gasteiger partial charge in [0.15, 0.2) is 5.76 Å². The number of nitrogens with zero attached hydrogens (tertiary/aromatic N) is 1. The Hall–Kier alpha value is -2.89. The zero-order valence-electron chi connectivity index (χ0n) is 15.1. The molecule has 1 aromatic heterocycles. The molecule has 0 spiro atoms. The number of carbonyl (C=O) groups excluding carboxylic acids is 2. The summed E-state index contributed by atoms with van der Waals surface area (Å²) in [4.78, 5) is 23.5. The molecule has 0 fully saturated rings. The van der Waals surface area contributed by atoms with Crippen molar-refractivity contribution < 1.29 is 19.2 Å². The number of fused-ring (bicyclic) bond motifs is 3. The van der Waals surface area contributed by atoms with Gasteiger partial charge >= 0.3 is 0 Å². The van der Waals surface area contributed by atoms with Crippen molar-refractivity contribution in [3.8, 4) is 17.1 Å². The van der Waals surface area contributed by atoms with Crippen molar-refractivity contribution in [2.45, 2.75) is 51.4 Å². The van der Waals surface area contributed by atoms with E-state index in [1.54, 1.807) is 12.1 Å². The monoisotopic (exact) mass is 366 g/mol. The summed E-state index contributed by atoms with van der Waals surface area (Å²) in [6.07, 6.45) is 6.75. The average molecular weight is 366 g/mol. The lowest BCUT2D eigenvalue weighted by molar-refractivity contribution is -0.120. The van der Waals surface area contributed by atoms with Crippen molar-refractivity contribution in [3.63, 3.8) is 0 Å². The number of aromatic hydroxyl groups is 1. The molecule has 0 radical (unpaired) electrons. The average Bonchev–Trinajstić information content (AvgIpc) is 3.10. The molecule has 4 rings (SSSR count). The molecule has 1 heterocycles. The van der Waals surface area contributed by atoms with Gasteiger partial charge in [-0.05, 0) is 62.3 Å². The highest BCUT2D eigenvalue weighted by Crippen LogP contribution is 2.37. The number of aryl methyl sites for hydroxylation is 2. The molecule has 140 valence electrons. The van der Waals surface area contributed by atoms with E-state index in [0.717, 1.165) is 78.7 Å². The van der Waals surface area contributed by atoms with Crippen LogP contribution in [0.1, 0.15) is 48.9 Å². The van der Waals surface area contributed by atoms with Crippen LogP contribution in [0.3, 0.4) is 0 Å². The Bertz CT molecular complexity index is 926. The van der Waals surface area contributed by atoms with Crippen molar-refractivity contribution in [2.24, 2.45) is 0 Å². The van der Waals surface area contributed by atoms with Gasteiger partial charge in [0.05, 0.1) is 5.69 Å². The topological polar surface area (TPSA) is 92.4 Å². The van der Waals surface area contributed by atoms with Gasteiger partial charge in [-0.25, -0.2) is 0 Å². The summed E-state index contributed by atoms with van der Waals surface area (Å²) in [6.45, 7) is 0. The second-order valence-corrected chi connectivity index (χ2v) is 7.16. The second-order valence-electron chi connectivity index (χ2n) is 7.16. The lowest BCUT2D eigenvalue weighted by Crippen LogP contribution is -2.26. The number of allylic oxidation sites excluding steroid dienone is 2. The third kappa shape index (κ3) is 3.52. The maximum Gasteiger partial charge on any atom is 0.224 e. The molecule has 0 aliphatic heterocycles. The van der Waals surface area contributed by atoms with E-state index in [2.05, 4.69) is 10.5 Å². The van der Waals surface area contributed by atoms with Crippen LogP contribution in [-0.2, 0) is 28.9 Å². The zero-order valence-corrected chi connectivity index (χ0v) is 15.1. The molecule has 2 aliphatic carbocycles. The van der Waals surface area contributed by atoms with E-state index in [-0.39, 0.29) is 11.7 Å². The molecule has 6 heteroatoms. The van der Waals surface area contributed by atoms with Gasteiger partial charge in [0.1, 0.15) is 12.0 Å². The molecular formula is C21H22N2O4. The van der Waals surface area contributed by atoms with Gasteiger partial charge in [0.2, 0.25) is 5.91 Å². The zero-order chi connectivity index (χ0) is 18.8. The summed E-state index contributed by atoms with van der Waals surface area (Å²) in [5.74, 6) is 0.898. The first-order valence-electron chi connectivity index (χ1n) is 9.42. The minimum Gasteiger partial charge on any atom is -0.508 e. The van der Waals surface area contributed by atoms with Crippen LogP contribution in [0.15, 0.2) is 34.0 Å². The number of amides is 1. The van der Waals surface area contributed by atoms with Crippen molar-refractivity contribution in [1.29, 1.82) is 0 Å². The van der Waals surface area contributed by atoms with Crippen LogP contribution < -0.4 is 5.32 Å². The Kier molecular flexibility index (Phi) is 4.79. The normalized spacial score (nSPS) is 15.9. The van der Waals surface area contributed by atoms with Crippen molar-refractivity contribution >= 4 is 12.2 Å². The number of aldehydes is 1. The maximum absolute atomic E-state index is 12.3. The van der Waals surface area contributed by atoms with Crippen LogP contribution in [0.4, 0.5) is 0 Å². The Morgan fingerprint density at radius 3 is 2.93 bits per heavy atom. The van der Waals surface area contributed by atoms with Crippen LogP contribution in [0.2, 0.25) is 0 Å². The van der Waals surface area contributed by atoms with Crippen molar-refractivity contribution in [3.05, 3.63) is 46.3 Å². The first kappa shape index (κ1) is 17.5. The standard InChI is InChI=1S/C21H22N2O4/c24-12-14-3-1-2-4-18(14)22-20(26)10-9-19-17-7-5-13-11-15(25)6-8-16(13)21(17)27-23-19/h6,8,11-12,25H,1-5,7,9-10H2,(H,22,26). The number of hydrogen-bond donors (Lipinski definition) is 2. The van der Waals surface area contributed by atoms with Gasteiger partial charge in [-0.1, -0.05) is 5.16 Å². The van der Waals surface area contributed by atoms with Crippen LogP contribution >= 0.6 is 0 Å². The van der Waals surface area contributed by atoms with E-state index in [1.165, 1.54) is 0 Å². The number of rotatable bonds is 5. The molecule has 0 saturated carbocycles. The van der Waals surface area contributed by atoms with E-state index >= 15 is 0 Å². The molecular weight excluding hydrogens is 344 g/mol. The number of phenols is 1. The minimum absolute atomic E-state index is 0.0934. The minimum atomic E-state index is -0.0934. The summed E-state index contributed by atoms with van der Waals surface area (Å²) in [7, 11) is 0. The fraction of sp³-hybridized carbons (Fsp3) is 0.381. The Morgan fingerprint density at radius 2 is 2.07 bits per heavy atom. The molecule has 6 nitrogen and oxygen atoms in total. The Balaban J connectivity index is 1.44. The fourth-order valence-corrected chi connectivity index (χ4v) is 3.94. The van der Waals surface area contributed by atoms with Gasteiger partial charge in [-0.15, -0.1) is 0 Å². The van der Waals surface area contributed by atoms with Crippen LogP contribution in [0.5, 0.6) is 5.75 Å². The molecule has 1 amide bonds. The summed E-state index contributed by atoms with van der Waals surface area (Å²) in [6, 6.07) is 5.25. The number of hydrogen-bond acceptors (Lipinski definition) is 5. The largest absolute Gasteiger partial charge is 0.508 e. The predicted octanol–water partition coefficient (Wildman–Crippen LogP) is 3.22. The maximum atomic E-state index is 12.3. The van der Waals surface area contributed by atoms with Gasteiger partial charge in [-0.3, -0.25) is 9.59 Å². The summed E-state index contributed by atoms with van der Waals surface area (Å²) in [5.41, 5.74) is 5.36. The lowest BCUT2D eigenvalue weighted by Gasteiger charge is -2.17. The molecule has 0 atom stereocenters. The molecule has 2 aliphatic rings. The second kappa shape index (κ2) is 7.39. The number of benzene rings is 1. The van der Waals surface area contributed by atoms with Crippen molar-refractivity contribution in [1.82, 2.24) is 10.5 Å². The third-order valence-electron chi connectivity index (χ3n) is 5.38. The fourth-order valence-electron chi connectivity index (χ4n) is 3.94. The van der Waals surface area contributed by atoms with Crippen molar-refractivity contribution in [2.75, 3.05) is 0 Å². The molecule has 0 saturated heterocycles. The first-order chi connectivity index (χ1) is 13.2. The summed E-state index contributed by atoms with van der Waals surface area (Å²) < 4.78 is 5.55. The van der Waals surface area contributed by atoms with E-state index in [0.29, 0.717) is 18.4 Å². The number of carbonyl (C=O) groups is 2. The summed E-state index contributed by atoms with van der Waals surface area (Å²) >= 11 is 0. The van der Waals surface area contributed by atoms with E-state index in [4.69, 9.17) is 4.52 Å². The quantitative estimate of drug-likeness (QED) is 0.793. The highest BCUT2D eigenvalue weighted by Gasteiger charge is 2.25. The van der Waals surface area contributed by atoms with Gasteiger partial charge in [0.25, 0.3) is 0 Å². The lowest BCUT2D eigenvalue weighted by atomic mass is 9.89. The first-order valence-corrected chi connectivity index (χ1v) is 9.42. The number of aromatic nitrogens is 1. The number of nitrogens with one attached hydrogen (secondary N) is 1. The predicted molar refractivity (Wildman–Crippen MR) is 99.0 cm³/mol. The molecule has 2 N–H and O–H groups in total.